The van der Waals surface area contributed by atoms with Crippen molar-refractivity contribution in [3.8, 4) is 0 Å². The molecule has 3 heteroatoms. The second kappa shape index (κ2) is 9.80. The number of nitrogens with zero attached hydrogens (tertiary/aromatic N) is 2. The maximum absolute atomic E-state index is 3.54. The minimum Gasteiger partial charge on any atom is -0.370 e. The van der Waals surface area contributed by atoms with Gasteiger partial charge in [0.15, 0.2) is 0 Å². The molecule has 0 saturated carbocycles. The molecule has 0 amide bonds. The Labute approximate surface area is 131 Å². The number of rotatable bonds is 10. The van der Waals surface area contributed by atoms with E-state index in [0.717, 1.165) is 32.7 Å². The van der Waals surface area contributed by atoms with Gasteiger partial charge in [-0.25, -0.2) is 0 Å². The molecule has 1 aromatic rings. The summed E-state index contributed by atoms with van der Waals surface area (Å²) in [6.45, 7) is 12.0. The second-order valence-corrected chi connectivity index (χ2v) is 6.10. The number of anilines is 1. The van der Waals surface area contributed by atoms with Crippen molar-refractivity contribution in [1.82, 2.24) is 10.2 Å². The summed E-state index contributed by atoms with van der Waals surface area (Å²) in [5.74, 6) is 0. The van der Waals surface area contributed by atoms with Gasteiger partial charge in [0.25, 0.3) is 0 Å². The number of benzene rings is 1. The van der Waals surface area contributed by atoms with Crippen molar-refractivity contribution < 1.29 is 0 Å². The average Bonchev–Trinajstić information content (AvgIpc) is 2.44. The molecule has 0 aromatic heterocycles. The molecule has 120 valence electrons. The van der Waals surface area contributed by atoms with Crippen LogP contribution < -0.4 is 10.2 Å². The summed E-state index contributed by atoms with van der Waals surface area (Å²) in [4.78, 5) is 4.79. The number of hydrogen-bond acceptors (Lipinski definition) is 3. The normalized spacial score (nSPS) is 11.1. The Kier molecular flexibility index (Phi) is 8.40. The standard InChI is InChI=1S/C18H33N3/c1-6-10-19-15-17-14-16(3)8-9-18(17)21(11-7-2)13-12-20(4)5/h8-9,14,19H,6-7,10-13,15H2,1-5H3. The van der Waals surface area contributed by atoms with E-state index >= 15 is 0 Å². The first-order valence-corrected chi connectivity index (χ1v) is 8.28. The second-order valence-electron chi connectivity index (χ2n) is 6.10. The number of nitrogens with one attached hydrogen (secondary N) is 1. The molecule has 1 aromatic carbocycles. The van der Waals surface area contributed by atoms with Crippen LogP contribution in [0.4, 0.5) is 5.69 Å². The third-order valence-corrected chi connectivity index (χ3v) is 3.63. The lowest BCUT2D eigenvalue weighted by atomic mass is 10.1. The summed E-state index contributed by atoms with van der Waals surface area (Å²) < 4.78 is 0. The highest BCUT2D eigenvalue weighted by Gasteiger charge is 2.11. The van der Waals surface area contributed by atoms with Gasteiger partial charge in [0.1, 0.15) is 0 Å². The maximum atomic E-state index is 3.54. The quantitative estimate of drug-likeness (QED) is 0.668. The van der Waals surface area contributed by atoms with Crippen LogP contribution in [-0.2, 0) is 6.54 Å². The van der Waals surface area contributed by atoms with E-state index in [1.807, 2.05) is 0 Å². The minimum absolute atomic E-state index is 0.965. The van der Waals surface area contributed by atoms with Crippen molar-refractivity contribution >= 4 is 5.69 Å². The van der Waals surface area contributed by atoms with E-state index in [1.54, 1.807) is 0 Å². The van der Waals surface area contributed by atoms with E-state index < -0.39 is 0 Å². The van der Waals surface area contributed by atoms with E-state index in [0.29, 0.717) is 0 Å². The van der Waals surface area contributed by atoms with Crippen molar-refractivity contribution in [3.63, 3.8) is 0 Å². The highest BCUT2D eigenvalue weighted by atomic mass is 15.2. The maximum Gasteiger partial charge on any atom is 0.0412 e. The van der Waals surface area contributed by atoms with Gasteiger partial charge in [0.2, 0.25) is 0 Å². The molecule has 1 N–H and O–H groups in total. The van der Waals surface area contributed by atoms with Crippen LogP contribution in [0.5, 0.6) is 0 Å². The van der Waals surface area contributed by atoms with Gasteiger partial charge in [-0.1, -0.05) is 31.5 Å². The molecule has 1 rings (SSSR count). The third kappa shape index (κ3) is 6.49. The molecule has 3 nitrogen and oxygen atoms in total. The van der Waals surface area contributed by atoms with Crippen LogP contribution in [0.2, 0.25) is 0 Å². The SMILES string of the molecule is CCCNCc1cc(C)ccc1N(CCC)CCN(C)C. The first-order valence-electron chi connectivity index (χ1n) is 8.28. The van der Waals surface area contributed by atoms with E-state index in [-0.39, 0.29) is 0 Å². The zero-order chi connectivity index (χ0) is 15.7. The molecule has 21 heavy (non-hydrogen) atoms. The Morgan fingerprint density at radius 3 is 2.38 bits per heavy atom. The van der Waals surface area contributed by atoms with Crippen molar-refractivity contribution in [2.24, 2.45) is 0 Å². The number of hydrogen-bond donors (Lipinski definition) is 1. The molecule has 0 aliphatic heterocycles. The Morgan fingerprint density at radius 1 is 1.00 bits per heavy atom. The zero-order valence-electron chi connectivity index (χ0n) is 14.6. The molecule has 0 heterocycles. The molecule has 0 unspecified atom stereocenters. The molecular formula is C18H33N3. The van der Waals surface area contributed by atoms with Crippen LogP contribution >= 0.6 is 0 Å². The molecule has 0 saturated heterocycles. The van der Waals surface area contributed by atoms with Gasteiger partial charge in [-0.2, -0.15) is 0 Å². The summed E-state index contributed by atoms with van der Waals surface area (Å²) in [6.07, 6.45) is 2.36. The topological polar surface area (TPSA) is 18.5 Å². The van der Waals surface area contributed by atoms with Gasteiger partial charge in [0, 0.05) is 31.9 Å². The molecule has 0 spiro atoms. The highest BCUT2D eigenvalue weighted by molar-refractivity contribution is 5.55. The third-order valence-electron chi connectivity index (χ3n) is 3.63. The van der Waals surface area contributed by atoms with Crippen LogP contribution in [0.15, 0.2) is 18.2 Å². The Bertz CT molecular complexity index is 401. The van der Waals surface area contributed by atoms with E-state index in [1.165, 1.54) is 29.7 Å². The minimum atomic E-state index is 0.965. The first kappa shape index (κ1) is 18.0. The average molecular weight is 291 g/mol. The predicted octanol–water partition coefficient (Wildman–Crippen LogP) is 3.27. The highest BCUT2D eigenvalue weighted by Crippen LogP contribution is 2.22. The summed E-state index contributed by atoms with van der Waals surface area (Å²) in [6, 6.07) is 6.86. The summed E-state index contributed by atoms with van der Waals surface area (Å²) in [7, 11) is 4.28. The van der Waals surface area contributed by atoms with Gasteiger partial charge in [-0.3, -0.25) is 0 Å². The molecule has 0 aliphatic carbocycles. The molecule has 0 radical (unpaired) electrons. The van der Waals surface area contributed by atoms with Gasteiger partial charge in [-0.05, 0) is 52.0 Å². The van der Waals surface area contributed by atoms with Crippen LogP contribution in [0, 0.1) is 6.92 Å². The van der Waals surface area contributed by atoms with E-state index in [4.69, 9.17) is 0 Å². The lowest BCUT2D eigenvalue weighted by molar-refractivity contribution is 0.412. The number of likely N-dealkylation sites (N-methyl/N-ethyl adjacent to an activating group) is 1. The van der Waals surface area contributed by atoms with Gasteiger partial charge >= 0.3 is 0 Å². The molecule has 0 fully saturated rings. The number of aryl methyl sites for hydroxylation is 1. The van der Waals surface area contributed by atoms with Gasteiger partial charge < -0.3 is 15.1 Å². The Balaban J connectivity index is 2.88. The lowest BCUT2D eigenvalue weighted by Gasteiger charge is -2.28. The molecule has 0 atom stereocenters. The van der Waals surface area contributed by atoms with Gasteiger partial charge in [0.05, 0.1) is 0 Å². The van der Waals surface area contributed by atoms with Crippen molar-refractivity contribution in [2.75, 3.05) is 45.2 Å². The van der Waals surface area contributed by atoms with Gasteiger partial charge in [-0.15, -0.1) is 0 Å². The largest absolute Gasteiger partial charge is 0.370 e. The van der Waals surface area contributed by atoms with Crippen molar-refractivity contribution in [2.45, 2.75) is 40.2 Å². The first-order chi connectivity index (χ1) is 10.1. The Hall–Kier alpha value is -1.06. The fourth-order valence-electron chi connectivity index (χ4n) is 2.51. The summed E-state index contributed by atoms with van der Waals surface area (Å²) in [5.41, 5.74) is 4.17. The lowest BCUT2D eigenvalue weighted by Crippen LogP contribution is -2.33. The van der Waals surface area contributed by atoms with E-state index in [9.17, 15) is 0 Å². The molecule has 0 bridgehead atoms. The smallest absolute Gasteiger partial charge is 0.0412 e. The summed E-state index contributed by atoms with van der Waals surface area (Å²) >= 11 is 0. The monoisotopic (exact) mass is 291 g/mol. The fraction of sp³-hybridized carbons (Fsp3) is 0.667. The predicted molar refractivity (Wildman–Crippen MR) is 94.2 cm³/mol. The zero-order valence-corrected chi connectivity index (χ0v) is 14.6. The molecular weight excluding hydrogens is 258 g/mol. The van der Waals surface area contributed by atoms with Crippen LogP contribution in [0.1, 0.15) is 37.8 Å². The van der Waals surface area contributed by atoms with Crippen LogP contribution in [-0.4, -0.2) is 45.2 Å². The van der Waals surface area contributed by atoms with Crippen molar-refractivity contribution in [3.05, 3.63) is 29.3 Å². The van der Waals surface area contributed by atoms with Crippen LogP contribution in [0.25, 0.3) is 0 Å². The molecule has 0 aliphatic rings. The fourth-order valence-corrected chi connectivity index (χ4v) is 2.51. The summed E-state index contributed by atoms with van der Waals surface area (Å²) in [5, 5.41) is 3.54. The van der Waals surface area contributed by atoms with E-state index in [2.05, 4.69) is 68.2 Å². The van der Waals surface area contributed by atoms with Crippen molar-refractivity contribution in [1.29, 1.82) is 0 Å². The Morgan fingerprint density at radius 2 is 1.76 bits per heavy atom. The van der Waals surface area contributed by atoms with Crippen LogP contribution in [0.3, 0.4) is 0 Å².